The first-order valence-corrected chi connectivity index (χ1v) is 9.95. The van der Waals surface area contributed by atoms with E-state index in [4.69, 9.17) is 0 Å². The van der Waals surface area contributed by atoms with Crippen LogP contribution in [-0.4, -0.2) is 58.5 Å². The van der Waals surface area contributed by atoms with Crippen LogP contribution < -0.4 is 4.90 Å². The Kier molecular flexibility index (Phi) is 4.94. The second kappa shape index (κ2) is 7.35. The smallest absolute Gasteiger partial charge is 0.231 e. The molecule has 4 atom stereocenters. The van der Waals surface area contributed by atoms with E-state index in [0.717, 1.165) is 31.6 Å². The number of fused-ring (bicyclic) bond motifs is 3. The van der Waals surface area contributed by atoms with Crippen molar-refractivity contribution in [2.24, 2.45) is 11.8 Å². The average molecular weight is 356 g/mol. The second-order valence-corrected chi connectivity index (χ2v) is 8.16. The molecule has 1 aromatic rings. The Balaban J connectivity index is 1.39. The number of allylic oxidation sites excluding steroid dienone is 2. The first-order chi connectivity index (χ1) is 12.7. The van der Waals surface area contributed by atoms with Crippen molar-refractivity contribution in [3.63, 3.8) is 0 Å². The van der Waals surface area contributed by atoms with Crippen LogP contribution >= 0.6 is 0 Å². The molecule has 1 amide bonds. The summed E-state index contributed by atoms with van der Waals surface area (Å²) in [6.07, 6.45) is 12.0. The molecule has 5 rings (SSSR count). The molecule has 1 aliphatic carbocycles. The maximum absolute atomic E-state index is 12.7. The largest absolute Gasteiger partial charge is 0.342 e. The van der Waals surface area contributed by atoms with Crippen LogP contribution in [0.3, 0.4) is 0 Å². The molecule has 3 aliphatic heterocycles. The van der Waals surface area contributed by atoms with Crippen LogP contribution in [0.2, 0.25) is 0 Å². The lowest BCUT2D eigenvalue weighted by Gasteiger charge is -2.46. The van der Waals surface area contributed by atoms with Crippen molar-refractivity contribution < 1.29 is 9.69 Å². The van der Waals surface area contributed by atoms with Crippen LogP contribution in [0.4, 0.5) is 0 Å². The molecule has 0 aromatic carbocycles. The standard InChI is InChI=1S/C20H29N5O/c1-3-9-23(2)20(26)18-13-24-10-8-16(18)11-17(24)12-25-14-19(21-22-25)15-6-4-5-7-15/h3,6,14,16-18H,1,4-5,7-13H2,2H3/p+1/t16-,17-,18+/m1/s1. The molecule has 1 unspecified atom stereocenters. The van der Waals surface area contributed by atoms with Crippen LogP contribution in [0, 0.1) is 11.8 Å². The van der Waals surface area contributed by atoms with Gasteiger partial charge in [0.2, 0.25) is 5.91 Å². The minimum absolute atomic E-state index is 0.176. The molecular formula is C20H30N5O+. The second-order valence-electron chi connectivity index (χ2n) is 8.16. The first-order valence-electron chi connectivity index (χ1n) is 9.95. The van der Waals surface area contributed by atoms with Crippen LogP contribution in [-0.2, 0) is 11.3 Å². The summed E-state index contributed by atoms with van der Waals surface area (Å²) in [6, 6.07) is 0.551. The minimum atomic E-state index is 0.176. The number of nitrogens with one attached hydrogen (secondary N) is 1. The van der Waals surface area contributed by atoms with Crippen LogP contribution in [0.1, 0.15) is 37.8 Å². The summed E-state index contributed by atoms with van der Waals surface area (Å²) in [6.45, 7) is 7.43. The highest BCUT2D eigenvalue weighted by atomic mass is 16.2. The maximum atomic E-state index is 12.7. The zero-order chi connectivity index (χ0) is 18.1. The van der Waals surface area contributed by atoms with Gasteiger partial charge in [-0.3, -0.25) is 4.79 Å². The molecule has 6 nitrogen and oxygen atoms in total. The molecule has 6 heteroatoms. The summed E-state index contributed by atoms with van der Waals surface area (Å²) < 4.78 is 2.02. The molecule has 0 radical (unpaired) electrons. The number of hydrogen-bond donors (Lipinski definition) is 1. The molecule has 0 spiro atoms. The number of amides is 1. The van der Waals surface area contributed by atoms with E-state index in [2.05, 4.69) is 29.2 Å². The van der Waals surface area contributed by atoms with Crippen molar-refractivity contribution in [2.75, 3.05) is 26.7 Å². The Morgan fingerprint density at radius 3 is 3.12 bits per heavy atom. The van der Waals surface area contributed by atoms with Crippen LogP contribution in [0.25, 0.3) is 5.57 Å². The minimum Gasteiger partial charge on any atom is -0.342 e. The fourth-order valence-electron chi connectivity index (χ4n) is 5.03. The summed E-state index contributed by atoms with van der Waals surface area (Å²) in [4.78, 5) is 16.1. The Bertz CT molecular complexity index is 709. The zero-order valence-corrected chi connectivity index (χ0v) is 15.7. The Hall–Kier alpha value is -1.95. The monoisotopic (exact) mass is 356 g/mol. The SMILES string of the molecule is C=CCN(C)C(=O)[C@H]1C[NH+]2CC[C@@H]1C[C@@H]2Cn1cc(C2=CCCC2)nn1. The lowest BCUT2D eigenvalue weighted by Crippen LogP contribution is -3.20. The highest BCUT2D eigenvalue weighted by Crippen LogP contribution is 2.29. The molecule has 1 N–H and O–H groups in total. The van der Waals surface area contributed by atoms with Crippen molar-refractivity contribution in [2.45, 2.75) is 44.7 Å². The third kappa shape index (κ3) is 3.34. The Morgan fingerprint density at radius 2 is 2.42 bits per heavy atom. The van der Waals surface area contributed by atoms with E-state index in [0.29, 0.717) is 24.4 Å². The van der Waals surface area contributed by atoms with Crippen molar-refractivity contribution >= 4 is 11.5 Å². The number of aromatic nitrogens is 3. The molecule has 140 valence electrons. The Labute approximate surface area is 155 Å². The van der Waals surface area contributed by atoms with Crippen LogP contribution in [0.15, 0.2) is 24.9 Å². The number of carbonyl (C=O) groups excluding carboxylic acids is 1. The van der Waals surface area contributed by atoms with Gasteiger partial charge in [-0.2, -0.15) is 0 Å². The number of hydrogen-bond acceptors (Lipinski definition) is 3. The summed E-state index contributed by atoms with van der Waals surface area (Å²) in [5, 5.41) is 8.75. The quantitative estimate of drug-likeness (QED) is 0.767. The van der Waals surface area contributed by atoms with Gasteiger partial charge in [-0.15, -0.1) is 11.7 Å². The molecule has 0 saturated carbocycles. The third-order valence-corrected chi connectivity index (χ3v) is 6.46. The van der Waals surface area contributed by atoms with Crippen molar-refractivity contribution in [1.29, 1.82) is 0 Å². The number of rotatable bonds is 6. The molecular weight excluding hydrogens is 326 g/mol. The number of quaternary nitrogens is 1. The molecule has 3 fully saturated rings. The normalized spacial score (nSPS) is 30.3. The van der Waals surface area contributed by atoms with Gasteiger partial charge in [0.1, 0.15) is 11.7 Å². The van der Waals surface area contributed by atoms with Gasteiger partial charge >= 0.3 is 0 Å². The van der Waals surface area contributed by atoms with Gasteiger partial charge in [0.25, 0.3) is 0 Å². The van der Waals surface area contributed by atoms with Gasteiger partial charge in [-0.25, -0.2) is 4.68 Å². The predicted molar refractivity (Wildman–Crippen MR) is 100 cm³/mol. The lowest BCUT2D eigenvalue weighted by molar-refractivity contribution is -0.945. The number of carbonyl (C=O) groups is 1. The molecule has 2 bridgehead atoms. The maximum Gasteiger partial charge on any atom is 0.231 e. The van der Waals surface area contributed by atoms with Gasteiger partial charge in [0, 0.05) is 26.4 Å². The van der Waals surface area contributed by atoms with Crippen LogP contribution in [0.5, 0.6) is 0 Å². The Morgan fingerprint density at radius 1 is 1.54 bits per heavy atom. The van der Waals surface area contributed by atoms with E-state index in [1.807, 2.05) is 16.6 Å². The molecule has 4 aliphatic rings. The topological polar surface area (TPSA) is 55.5 Å². The van der Waals surface area contributed by atoms with Gasteiger partial charge in [-0.1, -0.05) is 17.4 Å². The van der Waals surface area contributed by atoms with E-state index < -0.39 is 0 Å². The van der Waals surface area contributed by atoms with Crippen molar-refractivity contribution in [1.82, 2.24) is 19.9 Å². The third-order valence-electron chi connectivity index (χ3n) is 6.46. The highest BCUT2D eigenvalue weighted by Gasteiger charge is 2.47. The summed E-state index contributed by atoms with van der Waals surface area (Å²) >= 11 is 0. The van der Waals surface area contributed by atoms with Gasteiger partial charge in [0.05, 0.1) is 31.7 Å². The summed E-state index contributed by atoms with van der Waals surface area (Å²) in [7, 11) is 1.89. The summed E-state index contributed by atoms with van der Waals surface area (Å²) in [5.74, 6) is 0.981. The first kappa shape index (κ1) is 17.5. The predicted octanol–water partition coefficient (Wildman–Crippen LogP) is 0.783. The summed E-state index contributed by atoms with van der Waals surface area (Å²) in [5.41, 5.74) is 2.40. The van der Waals surface area contributed by atoms with Gasteiger partial charge in [0.15, 0.2) is 0 Å². The van der Waals surface area contributed by atoms with Crippen molar-refractivity contribution in [3.05, 3.63) is 30.6 Å². The average Bonchev–Trinajstić information content (AvgIpc) is 3.33. The van der Waals surface area contributed by atoms with E-state index in [1.165, 1.54) is 31.4 Å². The lowest BCUT2D eigenvalue weighted by atomic mass is 9.75. The number of nitrogens with zero attached hydrogens (tertiary/aromatic N) is 4. The zero-order valence-electron chi connectivity index (χ0n) is 15.7. The van der Waals surface area contributed by atoms with E-state index in [-0.39, 0.29) is 5.92 Å². The molecule has 3 saturated heterocycles. The van der Waals surface area contributed by atoms with Gasteiger partial charge in [-0.05, 0) is 30.8 Å². The fourth-order valence-corrected chi connectivity index (χ4v) is 5.03. The highest BCUT2D eigenvalue weighted by molar-refractivity contribution is 5.79. The molecule has 1 aromatic heterocycles. The fraction of sp³-hybridized carbons (Fsp3) is 0.650. The van der Waals surface area contributed by atoms with E-state index in [9.17, 15) is 4.79 Å². The number of piperidine rings is 3. The molecule has 4 heterocycles. The van der Waals surface area contributed by atoms with Crippen molar-refractivity contribution in [3.8, 4) is 0 Å². The molecule has 26 heavy (non-hydrogen) atoms. The van der Waals surface area contributed by atoms with E-state index >= 15 is 0 Å². The van der Waals surface area contributed by atoms with E-state index in [1.54, 1.807) is 11.0 Å². The number of likely N-dealkylation sites (N-methyl/N-ethyl adjacent to an activating group) is 1. The van der Waals surface area contributed by atoms with Gasteiger partial charge < -0.3 is 9.80 Å².